The van der Waals surface area contributed by atoms with Crippen LogP contribution in [0.25, 0.3) is 17.1 Å². The Morgan fingerprint density at radius 1 is 0.931 bits per heavy atom. The zero-order chi connectivity index (χ0) is 20.0. The molecule has 0 amide bonds. The number of aryl methyl sites for hydroxylation is 3. The number of fused-ring (bicyclic) bond motifs is 1. The second kappa shape index (κ2) is 7.12. The largest absolute Gasteiger partial charge is 0.473 e. The van der Waals surface area contributed by atoms with Gasteiger partial charge in [-0.1, -0.05) is 65.9 Å². The number of nitrogens with zero attached hydrogens (tertiary/aromatic N) is 2. The minimum absolute atomic E-state index is 0.0291. The second-order valence-electron chi connectivity index (χ2n) is 7.48. The molecule has 0 fully saturated rings. The van der Waals surface area contributed by atoms with Crippen molar-refractivity contribution in [2.75, 3.05) is 0 Å². The van der Waals surface area contributed by atoms with Gasteiger partial charge in [0.05, 0.1) is 16.1 Å². The van der Waals surface area contributed by atoms with Gasteiger partial charge >= 0.3 is 0 Å². The van der Waals surface area contributed by atoms with E-state index in [0.29, 0.717) is 0 Å². The fourth-order valence-electron chi connectivity index (χ4n) is 4.13. The zero-order valence-electron chi connectivity index (χ0n) is 16.7. The summed E-state index contributed by atoms with van der Waals surface area (Å²) in [4.78, 5) is 5.87. The summed E-state index contributed by atoms with van der Waals surface area (Å²) in [5.41, 5.74) is 7.12. The van der Waals surface area contributed by atoms with Crippen molar-refractivity contribution in [3.63, 3.8) is 0 Å². The van der Waals surface area contributed by atoms with E-state index < -0.39 is 0 Å². The Bertz CT molecular complexity index is 1170. The fourth-order valence-corrected chi connectivity index (χ4v) is 5.22. The molecule has 1 aliphatic heterocycles. The SMILES string of the molecule is Cc1cc(C)c(-n2ccnc2-c2cccc3c2OC(c2ccccc2)S3)c(C)c1. The molecule has 0 saturated heterocycles. The number of imidazole rings is 1. The summed E-state index contributed by atoms with van der Waals surface area (Å²) >= 11 is 1.75. The number of para-hydroxylation sites is 1. The van der Waals surface area contributed by atoms with E-state index in [0.717, 1.165) is 22.0 Å². The van der Waals surface area contributed by atoms with Crippen molar-refractivity contribution < 1.29 is 4.74 Å². The number of hydrogen-bond donors (Lipinski definition) is 0. The van der Waals surface area contributed by atoms with Gasteiger partial charge in [0.1, 0.15) is 11.6 Å². The van der Waals surface area contributed by atoms with E-state index in [1.54, 1.807) is 11.8 Å². The summed E-state index contributed by atoms with van der Waals surface area (Å²) in [7, 11) is 0. The maximum absolute atomic E-state index is 6.43. The Morgan fingerprint density at radius 3 is 2.45 bits per heavy atom. The van der Waals surface area contributed by atoms with Crippen LogP contribution in [0.2, 0.25) is 0 Å². The molecule has 4 heteroatoms. The van der Waals surface area contributed by atoms with E-state index in [2.05, 4.69) is 79.9 Å². The summed E-state index contributed by atoms with van der Waals surface area (Å²) in [6.45, 7) is 6.45. The molecule has 2 heterocycles. The molecule has 0 radical (unpaired) electrons. The monoisotopic (exact) mass is 398 g/mol. The molecule has 1 atom stereocenters. The number of ether oxygens (including phenoxy) is 1. The molecule has 5 rings (SSSR count). The van der Waals surface area contributed by atoms with Crippen molar-refractivity contribution in [2.24, 2.45) is 0 Å². The molecule has 1 unspecified atom stereocenters. The molecule has 0 aliphatic carbocycles. The molecule has 0 bridgehead atoms. The average molecular weight is 399 g/mol. The van der Waals surface area contributed by atoms with E-state index in [4.69, 9.17) is 9.72 Å². The van der Waals surface area contributed by atoms with Gasteiger partial charge in [-0.3, -0.25) is 4.57 Å². The lowest BCUT2D eigenvalue weighted by Crippen LogP contribution is -2.03. The number of hydrogen-bond acceptors (Lipinski definition) is 3. The first-order valence-corrected chi connectivity index (χ1v) is 10.6. The van der Waals surface area contributed by atoms with Crippen LogP contribution in [0.3, 0.4) is 0 Å². The average Bonchev–Trinajstić information content (AvgIpc) is 3.35. The topological polar surface area (TPSA) is 27.1 Å². The summed E-state index contributed by atoms with van der Waals surface area (Å²) in [5.74, 6) is 1.83. The first-order valence-electron chi connectivity index (χ1n) is 9.75. The van der Waals surface area contributed by atoms with E-state index in [1.165, 1.54) is 27.9 Å². The number of aromatic nitrogens is 2. The Kier molecular flexibility index (Phi) is 4.44. The summed E-state index contributed by atoms with van der Waals surface area (Å²) in [6.07, 6.45) is 3.90. The minimum atomic E-state index is -0.0291. The Labute approximate surface area is 175 Å². The van der Waals surface area contributed by atoms with Crippen LogP contribution in [-0.4, -0.2) is 9.55 Å². The van der Waals surface area contributed by atoms with Crippen LogP contribution in [0.4, 0.5) is 0 Å². The van der Waals surface area contributed by atoms with E-state index in [-0.39, 0.29) is 5.44 Å². The van der Waals surface area contributed by atoms with Gasteiger partial charge < -0.3 is 4.74 Å². The molecule has 3 nitrogen and oxygen atoms in total. The maximum Gasteiger partial charge on any atom is 0.174 e. The van der Waals surface area contributed by atoms with Crippen LogP contribution in [0.5, 0.6) is 5.75 Å². The lowest BCUT2D eigenvalue weighted by molar-refractivity contribution is 0.303. The quantitative estimate of drug-likeness (QED) is 0.387. The Balaban J connectivity index is 1.60. The van der Waals surface area contributed by atoms with Crippen LogP contribution < -0.4 is 4.74 Å². The van der Waals surface area contributed by atoms with Gasteiger partial charge in [-0.05, 0) is 44.0 Å². The van der Waals surface area contributed by atoms with Crippen LogP contribution in [0, 0.1) is 20.8 Å². The Morgan fingerprint density at radius 2 is 1.69 bits per heavy atom. The standard InChI is InChI=1S/C25H22N2OS/c1-16-14-17(2)22(18(3)15-16)27-13-12-26-24(27)20-10-7-11-21-23(20)28-25(29-21)19-8-5-4-6-9-19/h4-15,25H,1-3H3. The van der Waals surface area contributed by atoms with Crippen molar-refractivity contribution in [3.8, 4) is 22.8 Å². The summed E-state index contributed by atoms with van der Waals surface area (Å²) < 4.78 is 8.61. The second-order valence-corrected chi connectivity index (χ2v) is 8.58. The molecular formula is C25H22N2OS. The molecule has 1 aromatic heterocycles. The van der Waals surface area contributed by atoms with Crippen molar-refractivity contribution >= 4 is 11.8 Å². The predicted octanol–water partition coefficient (Wildman–Crippen LogP) is 6.65. The van der Waals surface area contributed by atoms with Crippen LogP contribution in [0.15, 0.2) is 78.0 Å². The van der Waals surface area contributed by atoms with Gasteiger partial charge in [0.2, 0.25) is 0 Å². The normalized spacial score (nSPS) is 15.2. The maximum atomic E-state index is 6.43. The molecular weight excluding hydrogens is 376 g/mol. The zero-order valence-corrected chi connectivity index (χ0v) is 17.5. The molecule has 4 aromatic rings. The van der Waals surface area contributed by atoms with E-state index in [1.807, 2.05) is 18.5 Å². The van der Waals surface area contributed by atoms with Crippen molar-refractivity contribution in [1.29, 1.82) is 0 Å². The highest BCUT2D eigenvalue weighted by atomic mass is 32.2. The van der Waals surface area contributed by atoms with E-state index >= 15 is 0 Å². The van der Waals surface area contributed by atoms with Gasteiger partial charge in [0.25, 0.3) is 0 Å². The van der Waals surface area contributed by atoms with Gasteiger partial charge in [-0.25, -0.2) is 4.98 Å². The van der Waals surface area contributed by atoms with Crippen molar-refractivity contribution in [2.45, 2.75) is 31.1 Å². The predicted molar refractivity (Wildman–Crippen MR) is 119 cm³/mol. The third-order valence-corrected chi connectivity index (χ3v) is 6.43. The van der Waals surface area contributed by atoms with Crippen molar-refractivity contribution in [3.05, 3.63) is 95.3 Å². The molecule has 0 saturated carbocycles. The van der Waals surface area contributed by atoms with Crippen LogP contribution in [-0.2, 0) is 0 Å². The first kappa shape index (κ1) is 18.1. The van der Waals surface area contributed by atoms with Crippen LogP contribution >= 0.6 is 11.8 Å². The van der Waals surface area contributed by atoms with Crippen LogP contribution in [0.1, 0.15) is 27.7 Å². The molecule has 144 valence electrons. The van der Waals surface area contributed by atoms with E-state index in [9.17, 15) is 0 Å². The van der Waals surface area contributed by atoms with Gasteiger partial charge in [-0.2, -0.15) is 0 Å². The Hall–Kier alpha value is -2.98. The molecule has 1 aliphatic rings. The molecule has 29 heavy (non-hydrogen) atoms. The van der Waals surface area contributed by atoms with Gasteiger partial charge in [-0.15, -0.1) is 0 Å². The highest BCUT2D eigenvalue weighted by Crippen LogP contribution is 2.52. The first-order chi connectivity index (χ1) is 14.1. The van der Waals surface area contributed by atoms with Gasteiger partial charge in [0, 0.05) is 18.0 Å². The number of benzene rings is 3. The fraction of sp³-hybridized carbons (Fsp3) is 0.160. The van der Waals surface area contributed by atoms with Crippen molar-refractivity contribution in [1.82, 2.24) is 9.55 Å². The third-order valence-electron chi connectivity index (χ3n) is 5.27. The van der Waals surface area contributed by atoms with Gasteiger partial charge in [0.15, 0.2) is 5.44 Å². The summed E-state index contributed by atoms with van der Waals surface area (Å²) in [6, 6.07) is 21.1. The minimum Gasteiger partial charge on any atom is -0.473 e. The summed E-state index contributed by atoms with van der Waals surface area (Å²) in [5, 5.41) is 0. The highest BCUT2D eigenvalue weighted by molar-refractivity contribution is 7.99. The third kappa shape index (κ3) is 3.14. The number of rotatable bonds is 3. The molecule has 0 N–H and O–H groups in total. The molecule has 0 spiro atoms. The lowest BCUT2D eigenvalue weighted by Gasteiger charge is -2.16. The smallest absolute Gasteiger partial charge is 0.174 e. The highest BCUT2D eigenvalue weighted by Gasteiger charge is 2.29. The lowest BCUT2D eigenvalue weighted by atomic mass is 10.0. The molecule has 3 aromatic carbocycles. The number of thioether (sulfide) groups is 1.